The monoisotopic (exact) mass is 823 g/mol. The van der Waals surface area contributed by atoms with Crippen molar-refractivity contribution in [2.24, 2.45) is 17.6 Å². The number of aliphatic hydroxyl groups is 1. The number of nitrogens with two attached hydrogens (primary N) is 1. The summed E-state index contributed by atoms with van der Waals surface area (Å²) >= 11 is 0. The molecule has 6 atom stereocenters. The average Bonchev–Trinajstić information content (AvgIpc) is 3.82. The van der Waals surface area contributed by atoms with E-state index in [4.69, 9.17) is 24.7 Å². The number of hydrogen-bond acceptors (Lipinski definition) is 11. The summed E-state index contributed by atoms with van der Waals surface area (Å²) in [5.74, 6) is 7.96. The normalized spacial score (nSPS) is 24.0. The zero-order valence-electron chi connectivity index (χ0n) is 34.8. The Kier molecular flexibility index (Phi) is 10.8. The third-order valence-electron chi connectivity index (χ3n) is 13.4. The largest absolute Gasteiger partial charge is 0.508 e. The molecule has 1 saturated carbocycles. The number of allylic oxidation sites excluding steroid dienone is 3. The fraction of sp³-hybridized carbons (Fsp3) is 0.380. The van der Waals surface area contributed by atoms with Crippen LogP contribution in [-0.4, -0.2) is 54.5 Å². The standard InChI is InChI=1S/C50H53N3O8/c1-4-52-40-10-6-5-8-29(40)12-13-34-31-18-19-50(24-31)25-32-20-33(56)22-44(60-27-54)46(32)37-15-14-36-39(26-59-28(2)55)48(61-49(36)47(37)50)38-23-43(58-3)42(57)21-30(38)9-7-11-41-35(34)16-17-45(51)53-41/h5-6,8,10,14-17,20-23,31,34,39,45,48,52-54,56-57H,4,9,12-13,18-19,24-27,51H2,1-3H3. The van der Waals surface area contributed by atoms with E-state index >= 15 is 0 Å². The quantitative estimate of drug-likeness (QED) is 0.0536. The van der Waals surface area contributed by atoms with Crippen LogP contribution in [-0.2, 0) is 34.2 Å². The highest BCUT2D eigenvalue weighted by Crippen LogP contribution is 2.63. The molecule has 4 aromatic rings. The van der Waals surface area contributed by atoms with Gasteiger partial charge in [-0.15, -0.1) is 0 Å². The van der Waals surface area contributed by atoms with Crippen molar-refractivity contribution in [2.75, 3.05) is 32.4 Å². The van der Waals surface area contributed by atoms with Crippen molar-refractivity contribution in [2.45, 2.75) is 82.4 Å². The number of carbonyl (C=O) groups excluding carboxylic acids is 1. The Hall–Kier alpha value is -6.09. The van der Waals surface area contributed by atoms with Gasteiger partial charge in [0.15, 0.2) is 18.3 Å². The van der Waals surface area contributed by atoms with Crippen molar-refractivity contribution in [1.29, 1.82) is 0 Å². The van der Waals surface area contributed by atoms with Gasteiger partial charge in [-0.1, -0.05) is 42.3 Å². The lowest BCUT2D eigenvalue weighted by molar-refractivity contribution is -0.141. The number of aryl methyl sites for hydroxylation is 1. The van der Waals surface area contributed by atoms with E-state index in [-0.39, 0.29) is 36.4 Å². The molecule has 4 bridgehead atoms. The van der Waals surface area contributed by atoms with E-state index < -0.39 is 36.4 Å². The summed E-state index contributed by atoms with van der Waals surface area (Å²) in [5.41, 5.74) is 16.6. The number of aliphatic hydroxyl groups excluding tert-OH is 1. The number of ether oxygens (including phenoxy) is 4. The number of nitrogens with one attached hydrogen (secondary N) is 2. The van der Waals surface area contributed by atoms with Crippen LogP contribution in [0.4, 0.5) is 5.69 Å². The molecule has 6 unspecified atom stereocenters. The zero-order chi connectivity index (χ0) is 42.4. The molecular weight excluding hydrogens is 771 g/mol. The molecule has 4 aromatic carbocycles. The molecule has 61 heavy (non-hydrogen) atoms. The Labute approximate surface area is 356 Å². The minimum atomic E-state index is -0.621. The second-order valence-corrected chi connectivity index (χ2v) is 17.0. The van der Waals surface area contributed by atoms with Crippen LogP contribution in [0.5, 0.6) is 28.7 Å². The molecule has 3 aliphatic heterocycles. The highest BCUT2D eigenvalue weighted by atomic mass is 16.6. The number of phenols is 2. The van der Waals surface area contributed by atoms with Crippen LogP contribution in [0.2, 0.25) is 0 Å². The summed E-state index contributed by atoms with van der Waals surface area (Å²) in [6, 6.07) is 19.6. The number of aromatic hydroxyl groups is 2. The van der Waals surface area contributed by atoms with Gasteiger partial charge >= 0.3 is 5.97 Å². The Balaban J connectivity index is 1.28. The second-order valence-electron chi connectivity index (χ2n) is 17.0. The van der Waals surface area contributed by atoms with Gasteiger partial charge in [0.05, 0.1) is 24.9 Å². The summed E-state index contributed by atoms with van der Waals surface area (Å²) in [6.45, 7) is 3.86. The number of benzene rings is 4. The molecule has 7 N–H and O–H groups in total. The van der Waals surface area contributed by atoms with Crippen LogP contribution in [0.1, 0.15) is 84.9 Å². The predicted octanol–water partition coefficient (Wildman–Crippen LogP) is 7.42. The zero-order valence-corrected chi connectivity index (χ0v) is 34.8. The highest BCUT2D eigenvalue weighted by Gasteiger charge is 2.52. The molecule has 3 heterocycles. The SMILES string of the molecule is CCNc1ccccc1CCC1C2=C(C#CCc3cc(O)c(OC)cc3C3Oc4c(ccc5c4C4(CCC1C4)Cc1cc(O)cc(OCO)c1-5)C3COC(C)=O)NC(N)C=C2. The Morgan fingerprint density at radius 2 is 1.92 bits per heavy atom. The highest BCUT2D eigenvalue weighted by molar-refractivity contribution is 5.84. The molecule has 2 aliphatic carbocycles. The Bertz CT molecular complexity index is 2520. The molecule has 1 fully saturated rings. The number of hydrogen-bond donors (Lipinski definition) is 6. The molecule has 0 amide bonds. The number of para-hydroxylation sites is 1. The first-order valence-corrected chi connectivity index (χ1v) is 21.3. The lowest BCUT2D eigenvalue weighted by atomic mass is 9.64. The van der Waals surface area contributed by atoms with Gasteiger partial charge in [-0.25, -0.2) is 0 Å². The molecule has 11 heteroatoms. The molecule has 5 aliphatic rings. The van der Waals surface area contributed by atoms with Crippen molar-refractivity contribution in [3.8, 4) is 51.7 Å². The third-order valence-corrected chi connectivity index (χ3v) is 13.4. The summed E-state index contributed by atoms with van der Waals surface area (Å²) in [6.07, 6.45) is 8.38. The van der Waals surface area contributed by atoms with Gasteiger partial charge in [-0.3, -0.25) is 4.79 Å². The minimum Gasteiger partial charge on any atom is -0.508 e. The maximum Gasteiger partial charge on any atom is 0.302 e. The van der Waals surface area contributed by atoms with Crippen LogP contribution in [0.3, 0.4) is 0 Å². The summed E-state index contributed by atoms with van der Waals surface area (Å²) in [7, 11) is 1.52. The van der Waals surface area contributed by atoms with Crippen molar-refractivity contribution in [3.63, 3.8) is 0 Å². The van der Waals surface area contributed by atoms with Crippen LogP contribution in [0.25, 0.3) is 11.1 Å². The van der Waals surface area contributed by atoms with Gasteiger partial charge in [0.2, 0.25) is 0 Å². The molecule has 0 radical (unpaired) electrons. The molecule has 0 saturated heterocycles. The van der Waals surface area contributed by atoms with Gasteiger partial charge in [0, 0.05) is 59.3 Å². The van der Waals surface area contributed by atoms with Gasteiger partial charge in [-0.2, -0.15) is 0 Å². The first-order chi connectivity index (χ1) is 29.6. The van der Waals surface area contributed by atoms with Crippen LogP contribution in [0, 0.1) is 23.7 Å². The van der Waals surface area contributed by atoms with Gasteiger partial charge < -0.3 is 50.6 Å². The third kappa shape index (κ3) is 7.32. The summed E-state index contributed by atoms with van der Waals surface area (Å²) < 4.78 is 24.6. The van der Waals surface area contributed by atoms with E-state index in [1.807, 2.05) is 18.2 Å². The first kappa shape index (κ1) is 40.3. The molecular formula is C50H53N3O8. The van der Waals surface area contributed by atoms with Crippen LogP contribution < -0.4 is 30.6 Å². The number of rotatable bonds is 10. The predicted molar refractivity (Wildman–Crippen MR) is 233 cm³/mol. The smallest absolute Gasteiger partial charge is 0.302 e. The second kappa shape index (κ2) is 16.4. The molecule has 0 aromatic heterocycles. The molecule has 316 valence electrons. The fourth-order valence-electron chi connectivity index (χ4n) is 10.9. The first-order valence-electron chi connectivity index (χ1n) is 21.3. The minimum absolute atomic E-state index is 0.0171. The maximum absolute atomic E-state index is 12.4. The van der Waals surface area contributed by atoms with Crippen LogP contribution >= 0.6 is 0 Å². The van der Waals surface area contributed by atoms with Crippen molar-refractivity contribution >= 4 is 11.7 Å². The van der Waals surface area contributed by atoms with Crippen molar-refractivity contribution in [1.82, 2.24) is 5.32 Å². The van der Waals surface area contributed by atoms with Crippen molar-refractivity contribution < 1.29 is 39.1 Å². The molecule has 9 rings (SSSR count). The summed E-state index contributed by atoms with van der Waals surface area (Å²) in [5, 5.41) is 39.3. The van der Waals surface area contributed by atoms with E-state index in [0.29, 0.717) is 17.9 Å². The number of phenolic OH excluding ortho intramolecular Hbond substituents is 2. The number of dihydropyridines is 1. The van der Waals surface area contributed by atoms with E-state index in [1.165, 1.54) is 19.6 Å². The number of esters is 1. The average molecular weight is 824 g/mol. The topological polar surface area (TPSA) is 165 Å². The molecule has 11 nitrogen and oxygen atoms in total. The van der Waals surface area contributed by atoms with E-state index in [9.17, 15) is 20.1 Å². The maximum atomic E-state index is 12.4. The van der Waals surface area contributed by atoms with Gasteiger partial charge in [-0.05, 0) is 121 Å². The lowest BCUT2D eigenvalue weighted by Crippen LogP contribution is -2.38. The Morgan fingerprint density at radius 3 is 2.72 bits per heavy atom. The number of anilines is 1. The van der Waals surface area contributed by atoms with Gasteiger partial charge in [0.1, 0.15) is 30.0 Å². The number of carbonyl (C=O) groups is 1. The number of methoxy groups -OCH3 is 1. The van der Waals surface area contributed by atoms with Crippen LogP contribution in [0.15, 0.2) is 84.1 Å². The lowest BCUT2D eigenvalue weighted by Gasteiger charge is -2.40. The van der Waals surface area contributed by atoms with Crippen molar-refractivity contribution in [3.05, 3.63) is 117 Å². The van der Waals surface area contributed by atoms with E-state index in [2.05, 4.69) is 71.9 Å². The number of fused-ring (bicyclic) bond motifs is 6. The van der Waals surface area contributed by atoms with Gasteiger partial charge in [0.25, 0.3) is 0 Å². The van der Waals surface area contributed by atoms with E-state index in [1.54, 1.807) is 12.1 Å². The summed E-state index contributed by atoms with van der Waals surface area (Å²) in [4.78, 5) is 12.4. The Morgan fingerprint density at radius 1 is 1.07 bits per heavy atom. The van der Waals surface area contributed by atoms with E-state index in [0.717, 1.165) is 100 Å². The fourth-order valence-corrected chi connectivity index (χ4v) is 10.9. The molecule has 1 spiro atoms.